The minimum absolute atomic E-state index is 0. The fourth-order valence-corrected chi connectivity index (χ4v) is 12.5. The van der Waals surface area contributed by atoms with Gasteiger partial charge in [0.25, 0.3) is 0 Å². The van der Waals surface area contributed by atoms with Gasteiger partial charge in [-0.2, -0.15) is 0 Å². The Hall–Kier alpha value is -8.55. The number of hydrogen-bond donors (Lipinski definition) is 6. The van der Waals surface area contributed by atoms with E-state index in [1.807, 2.05) is 122 Å². The van der Waals surface area contributed by atoms with Crippen LogP contribution in [-0.4, -0.2) is 147 Å². The number of aliphatic imine (C=N–C) groups is 1. The first-order valence-electron chi connectivity index (χ1n) is 32.7. The molecular weight excluding hydrogens is 1780 g/mol. The van der Waals surface area contributed by atoms with Crippen molar-refractivity contribution in [1.82, 2.24) is 25.3 Å². The Kier molecular flexibility index (Phi) is 45.3. The summed E-state index contributed by atoms with van der Waals surface area (Å²) in [5.74, 6) is -0.992. The van der Waals surface area contributed by atoms with E-state index in [1.54, 1.807) is 59.2 Å². The number of isocyanates is 1. The third kappa shape index (κ3) is 34.8. The van der Waals surface area contributed by atoms with Gasteiger partial charge >= 0.3 is 18.0 Å². The maximum atomic E-state index is 11.1. The molecule has 0 aliphatic carbocycles. The van der Waals surface area contributed by atoms with Crippen molar-refractivity contribution in [3.05, 3.63) is 243 Å². The monoisotopic (exact) mass is 1860 g/mol. The first kappa shape index (κ1) is 91.7. The minimum atomic E-state index is -0.910. The van der Waals surface area contributed by atoms with Crippen LogP contribution in [0.3, 0.4) is 0 Å². The molecule has 0 bridgehead atoms. The molecule has 1 aliphatic rings. The van der Waals surface area contributed by atoms with Crippen LogP contribution in [0.25, 0.3) is 82.6 Å². The van der Waals surface area contributed by atoms with E-state index in [0.717, 1.165) is 55.5 Å². The maximum Gasteiger partial charge on any atom is 0.407 e. The number of aromatic nitrogens is 4. The summed E-state index contributed by atoms with van der Waals surface area (Å²) in [5.41, 5.74) is 4.61. The molecule has 12 aromatic rings. The second-order valence-electron chi connectivity index (χ2n) is 22.4. The number of ether oxygens (including phenoxy) is 4. The number of hydrogen-bond acceptors (Lipinski definition) is 22. The Morgan fingerprint density at radius 2 is 0.840 bits per heavy atom. The van der Waals surface area contributed by atoms with Gasteiger partial charge in [-0.3, -0.25) is 0 Å². The average molecular weight is 1860 g/mol. The summed E-state index contributed by atoms with van der Waals surface area (Å²) in [7, 11) is 0. The van der Waals surface area contributed by atoms with E-state index in [1.165, 1.54) is 73.1 Å². The molecule has 4 unspecified atom stereocenters. The summed E-state index contributed by atoms with van der Waals surface area (Å²) in [6, 6.07) is 70.4. The molecule has 1 saturated heterocycles. The number of aliphatic hydroxyl groups excluding tert-OH is 5. The van der Waals surface area contributed by atoms with Crippen LogP contribution < -0.4 is 5.32 Å². The Labute approximate surface area is 662 Å². The zero-order valence-electron chi connectivity index (χ0n) is 58.2. The molecule has 4 aromatic carbocycles. The molecule has 0 saturated carbocycles. The first-order valence-corrected chi connectivity index (χ1v) is 36.0. The molecule has 9 heterocycles. The number of amides is 1. The van der Waals surface area contributed by atoms with Gasteiger partial charge in [0.05, 0.1) is 44.1 Å². The van der Waals surface area contributed by atoms with E-state index < -0.39 is 42.4 Å². The number of pyridine rings is 4. The fourth-order valence-electron chi connectivity index (χ4n) is 8.56. The largest absolute Gasteiger partial charge is 0.460 e. The number of nitrogens with one attached hydrogen (secondary N) is 1. The third-order valence-corrected chi connectivity index (χ3v) is 17.8. The zero-order chi connectivity index (χ0) is 74.0. The maximum absolute atomic E-state index is 11.1. The molecule has 106 heavy (non-hydrogen) atoms. The predicted octanol–water partition coefficient (Wildman–Crippen LogP) is 16.0. The second-order valence-corrected chi connectivity index (χ2v) is 26.6. The molecular formula is C81H86Ir2N6O13S4-4. The van der Waals surface area contributed by atoms with E-state index in [0.29, 0.717) is 5.57 Å². The van der Waals surface area contributed by atoms with Crippen LogP contribution >= 0.6 is 45.3 Å². The van der Waals surface area contributed by atoms with Crippen LogP contribution in [0, 0.1) is 24.3 Å². The quantitative estimate of drug-likeness (QED) is 0.00834. The predicted molar refractivity (Wildman–Crippen MR) is 418 cm³/mol. The number of rotatable bonds is 19. The van der Waals surface area contributed by atoms with E-state index in [2.05, 4.69) is 150 Å². The van der Waals surface area contributed by atoms with Crippen molar-refractivity contribution in [2.75, 3.05) is 52.7 Å². The van der Waals surface area contributed by atoms with Gasteiger partial charge in [0, 0.05) is 125 Å². The van der Waals surface area contributed by atoms with Crippen LogP contribution in [0.15, 0.2) is 224 Å². The van der Waals surface area contributed by atoms with Crippen LogP contribution in [0.1, 0.15) is 60.8 Å². The average Bonchev–Trinajstić information content (AvgIpc) is 1.71. The first-order chi connectivity index (χ1) is 49.9. The number of nitrogens with zero attached hydrogens (tertiary/aromatic N) is 5. The number of carbonyl (C=O) groups excluding carboxylic acids is 4. The van der Waals surface area contributed by atoms with Crippen molar-refractivity contribution >= 4 is 110 Å². The van der Waals surface area contributed by atoms with Gasteiger partial charge in [0.1, 0.15) is 19.8 Å². The van der Waals surface area contributed by atoms with E-state index >= 15 is 0 Å². The molecule has 6 N–H and O–H groups in total. The fraction of sp³-hybridized carbons (Fsp3) is 0.259. The molecule has 1 aliphatic heterocycles. The van der Waals surface area contributed by atoms with Crippen molar-refractivity contribution in [3.63, 3.8) is 0 Å². The molecule has 1 amide bonds. The van der Waals surface area contributed by atoms with Crippen molar-refractivity contribution in [3.8, 4) is 42.3 Å². The van der Waals surface area contributed by atoms with Gasteiger partial charge in [-0.15, -0.1) is 94.3 Å². The smallest absolute Gasteiger partial charge is 0.407 e. The van der Waals surface area contributed by atoms with Gasteiger partial charge in [0.15, 0.2) is 0 Å². The SMILES string of the molecule is C.C1CCOC1.C=C(C)C(=O)OCCN=C=O.C=C(C)C(=O)OCCNC(=O)OCC(O)CC(C)O.CC(O)CC(O)CO.[Ir].[Ir].[c-]1c(-c2ccccn2)sc2ccccc12.[c-]1c(-c2ccccn2)sc2ccccc12.[c-]1c(-c2ccccn2)sc2ccccc12.[c-]1c(-c2ccccn2)sc2ccccc12. The van der Waals surface area contributed by atoms with Crippen LogP contribution in [0.5, 0.6) is 0 Å². The van der Waals surface area contributed by atoms with Crippen LogP contribution in [0.2, 0.25) is 0 Å². The van der Waals surface area contributed by atoms with E-state index in [4.69, 9.17) is 29.9 Å². The summed E-state index contributed by atoms with van der Waals surface area (Å²) in [5, 5.41) is 50.8. The van der Waals surface area contributed by atoms with Crippen molar-refractivity contribution in [2.45, 2.75) is 85.2 Å². The molecule has 564 valence electrons. The van der Waals surface area contributed by atoms with E-state index in [-0.39, 0.29) is 106 Å². The summed E-state index contributed by atoms with van der Waals surface area (Å²) in [6.45, 7) is 14.8. The standard InChI is InChI=1S/4C13H8NS.C12H21NO6.C7H9NO3.C5H12O3.C4H8O.CH4.2Ir/c4*1-2-7-12-10(5-1)9-13(15-12)11-6-3-4-8-14-11;1-8(2)11(16)18-5-4-13-12(17)19-7-10(15)6-9(3)14;1-6(2)7(10)11-4-3-8-5-9;1-4(7)2-5(8)3-6;1-2-4-5-3-1;;;/h4*1-8H;9-10,14-15H,1,4-7H2,2-3H3,(H,13,17);1,3-4H2,2H3;4-8H,2-3H2,1H3;1-4H2;1H4;;/q4*-1;;;;;;;. The molecule has 4 atom stereocenters. The second kappa shape index (κ2) is 52.4. The summed E-state index contributed by atoms with van der Waals surface area (Å²) in [6.07, 6.45) is 7.92. The molecule has 25 heteroatoms. The summed E-state index contributed by atoms with van der Waals surface area (Å²) < 4.78 is 24.0. The van der Waals surface area contributed by atoms with Gasteiger partial charge < -0.3 is 69.7 Å². The van der Waals surface area contributed by atoms with Gasteiger partial charge in [0.2, 0.25) is 6.08 Å². The van der Waals surface area contributed by atoms with Crippen LogP contribution in [-0.2, 0) is 73.5 Å². The Morgan fingerprint density at radius 3 is 1.10 bits per heavy atom. The Balaban J connectivity index is 0.000000319. The van der Waals surface area contributed by atoms with Crippen molar-refractivity contribution < 1.29 is 104 Å². The normalized spacial score (nSPS) is 11.7. The van der Waals surface area contributed by atoms with Gasteiger partial charge in [-0.1, -0.05) is 118 Å². The van der Waals surface area contributed by atoms with Crippen molar-refractivity contribution in [2.24, 2.45) is 4.99 Å². The number of thiophene rings is 4. The zero-order valence-corrected chi connectivity index (χ0v) is 66.3. The van der Waals surface area contributed by atoms with Crippen LogP contribution in [0.4, 0.5) is 4.79 Å². The number of carbonyl (C=O) groups is 3. The summed E-state index contributed by atoms with van der Waals surface area (Å²) in [4.78, 5) is 67.2. The third-order valence-electron chi connectivity index (χ3n) is 13.5. The minimum Gasteiger partial charge on any atom is -0.460 e. The summed E-state index contributed by atoms with van der Waals surface area (Å²) >= 11 is 6.93. The van der Waals surface area contributed by atoms with E-state index in [9.17, 15) is 24.3 Å². The molecule has 0 spiro atoms. The number of esters is 2. The van der Waals surface area contributed by atoms with Crippen molar-refractivity contribution in [1.29, 1.82) is 0 Å². The number of benzene rings is 4. The molecule has 19 nitrogen and oxygen atoms in total. The number of aliphatic hydroxyl groups is 5. The number of alkyl carbamates (subject to hydrolysis) is 1. The molecule has 1 fully saturated rings. The Morgan fingerprint density at radius 1 is 0.519 bits per heavy atom. The molecule has 13 rings (SSSR count). The Bertz CT molecular complexity index is 3940. The van der Waals surface area contributed by atoms with Gasteiger partial charge in [-0.05, 0) is 103 Å². The van der Waals surface area contributed by atoms with Gasteiger partial charge in [-0.25, -0.2) is 69.5 Å². The molecule has 2 radical (unpaired) electrons. The number of fused-ring (bicyclic) bond motifs is 4. The topological polar surface area (TPSA) is 282 Å². The molecule has 8 aromatic heterocycles.